The third-order valence-corrected chi connectivity index (χ3v) is 6.06. The number of nitrogens with zero attached hydrogens (tertiary/aromatic N) is 1. The maximum atomic E-state index is 13.0. The molecule has 1 heterocycles. The molecule has 134 valence electrons. The van der Waals surface area contributed by atoms with Gasteiger partial charge in [-0.05, 0) is 5.92 Å². The fourth-order valence-corrected chi connectivity index (χ4v) is 4.64. The first-order valence-corrected chi connectivity index (χ1v) is 8.73. The minimum absolute atomic E-state index is 0.0811. The topological polar surface area (TPSA) is 102 Å². The Labute approximate surface area is 141 Å². The predicted molar refractivity (Wildman–Crippen MR) is 85.1 cm³/mol. The zero-order valence-corrected chi connectivity index (χ0v) is 14.8. The number of carboxylic acids is 1. The van der Waals surface area contributed by atoms with Crippen molar-refractivity contribution in [3.05, 3.63) is 12.1 Å². The van der Waals surface area contributed by atoms with Gasteiger partial charge in [-0.3, -0.25) is 4.79 Å². The number of sulfonamides is 1. The van der Waals surface area contributed by atoms with E-state index in [-0.39, 0.29) is 35.4 Å². The molecule has 1 fully saturated rings. The van der Waals surface area contributed by atoms with Crippen LogP contribution in [0.1, 0.15) is 6.92 Å². The van der Waals surface area contributed by atoms with Crippen LogP contribution in [0.5, 0.6) is 17.2 Å². The van der Waals surface area contributed by atoms with Crippen LogP contribution in [-0.4, -0.2) is 58.2 Å². The van der Waals surface area contributed by atoms with E-state index in [9.17, 15) is 18.3 Å². The summed E-state index contributed by atoms with van der Waals surface area (Å²) in [4.78, 5) is 11.1. The molecule has 1 aromatic rings. The molecule has 2 rings (SSSR count). The van der Waals surface area contributed by atoms with Gasteiger partial charge in [0.25, 0.3) is 10.0 Å². The molecule has 24 heavy (non-hydrogen) atoms. The highest BCUT2D eigenvalue weighted by Crippen LogP contribution is 2.41. The summed E-state index contributed by atoms with van der Waals surface area (Å²) in [5.74, 6) is -1.48. The van der Waals surface area contributed by atoms with Crippen molar-refractivity contribution in [2.24, 2.45) is 11.8 Å². The third kappa shape index (κ3) is 3.13. The molecule has 0 aromatic heterocycles. The van der Waals surface area contributed by atoms with Crippen molar-refractivity contribution in [2.45, 2.75) is 11.8 Å². The average molecular weight is 359 g/mol. The van der Waals surface area contributed by atoms with E-state index in [1.807, 2.05) is 0 Å². The average Bonchev–Trinajstić information content (AvgIpc) is 2.96. The number of ether oxygens (including phenoxy) is 3. The van der Waals surface area contributed by atoms with Gasteiger partial charge < -0.3 is 19.3 Å². The molecule has 1 saturated heterocycles. The molecular formula is C15H21NO7S. The van der Waals surface area contributed by atoms with Crippen LogP contribution in [0.2, 0.25) is 0 Å². The smallest absolute Gasteiger partial charge is 0.308 e. The quantitative estimate of drug-likeness (QED) is 0.810. The second-order valence-electron chi connectivity index (χ2n) is 5.61. The first kappa shape index (κ1) is 18.3. The standard InChI is InChI=1S/C15H21NO7S/c1-9-7-16(8-11(9)15(17)18)24(19,20)14-12(22-3)5-10(21-2)6-13(14)23-4/h5-6,9,11H,7-8H2,1-4H3,(H,17,18)/t9-,11-/m1/s1. The van der Waals surface area contributed by atoms with E-state index in [2.05, 4.69) is 0 Å². The van der Waals surface area contributed by atoms with Crippen LogP contribution in [0.4, 0.5) is 0 Å². The number of carboxylic acid groups (broad SMARTS) is 1. The molecule has 9 heteroatoms. The molecule has 2 atom stereocenters. The van der Waals surface area contributed by atoms with Gasteiger partial charge in [0.2, 0.25) is 0 Å². The molecule has 1 aromatic carbocycles. The van der Waals surface area contributed by atoms with Crippen molar-refractivity contribution in [1.29, 1.82) is 0 Å². The third-order valence-electron chi connectivity index (χ3n) is 4.16. The molecule has 1 aliphatic rings. The Morgan fingerprint density at radius 3 is 2.04 bits per heavy atom. The van der Waals surface area contributed by atoms with E-state index in [1.165, 1.54) is 33.5 Å². The molecule has 8 nitrogen and oxygen atoms in total. The highest BCUT2D eigenvalue weighted by molar-refractivity contribution is 7.89. The number of aliphatic carboxylic acids is 1. The van der Waals surface area contributed by atoms with Crippen LogP contribution >= 0.6 is 0 Å². The fraction of sp³-hybridized carbons (Fsp3) is 0.533. The number of hydrogen-bond donors (Lipinski definition) is 1. The van der Waals surface area contributed by atoms with Gasteiger partial charge in [-0.1, -0.05) is 6.92 Å². The molecule has 0 saturated carbocycles. The molecule has 0 aliphatic carbocycles. The number of benzene rings is 1. The lowest BCUT2D eigenvalue weighted by Gasteiger charge is -2.20. The molecule has 0 spiro atoms. The highest BCUT2D eigenvalue weighted by Gasteiger charge is 2.42. The van der Waals surface area contributed by atoms with E-state index in [4.69, 9.17) is 14.2 Å². The van der Waals surface area contributed by atoms with Crippen LogP contribution in [0.3, 0.4) is 0 Å². The van der Waals surface area contributed by atoms with Gasteiger partial charge in [-0.2, -0.15) is 4.31 Å². The first-order chi connectivity index (χ1) is 11.3. The fourth-order valence-electron chi connectivity index (χ4n) is 2.80. The number of methoxy groups -OCH3 is 3. The van der Waals surface area contributed by atoms with E-state index in [0.29, 0.717) is 5.75 Å². The van der Waals surface area contributed by atoms with Gasteiger partial charge in [0, 0.05) is 25.2 Å². The van der Waals surface area contributed by atoms with Gasteiger partial charge in [0.1, 0.15) is 17.2 Å². The van der Waals surface area contributed by atoms with Crippen molar-refractivity contribution in [2.75, 3.05) is 34.4 Å². The van der Waals surface area contributed by atoms with Crippen molar-refractivity contribution in [1.82, 2.24) is 4.31 Å². The maximum absolute atomic E-state index is 13.0. The number of carbonyl (C=O) groups is 1. The first-order valence-electron chi connectivity index (χ1n) is 7.29. The van der Waals surface area contributed by atoms with Crippen molar-refractivity contribution in [3.8, 4) is 17.2 Å². The molecule has 0 unspecified atom stereocenters. The Bertz CT molecular complexity index is 706. The van der Waals surface area contributed by atoms with E-state index >= 15 is 0 Å². The van der Waals surface area contributed by atoms with Crippen LogP contribution in [0.15, 0.2) is 17.0 Å². The zero-order valence-electron chi connectivity index (χ0n) is 14.0. The molecule has 1 aliphatic heterocycles. The Hall–Kier alpha value is -2.00. The van der Waals surface area contributed by atoms with Crippen LogP contribution in [0.25, 0.3) is 0 Å². The maximum Gasteiger partial charge on any atom is 0.308 e. The van der Waals surface area contributed by atoms with Crippen molar-refractivity contribution in [3.63, 3.8) is 0 Å². The molecule has 0 bridgehead atoms. The van der Waals surface area contributed by atoms with E-state index in [1.54, 1.807) is 6.92 Å². The molecule has 0 amide bonds. The van der Waals surface area contributed by atoms with Gasteiger partial charge in [-0.15, -0.1) is 0 Å². The summed E-state index contributed by atoms with van der Waals surface area (Å²) >= 11 is 0. The van der Waals surface area contributed by atoms with Crippen molar-refractivity contribution < 1.29 is 32.5 Å². The second kappa shape index (κ2) is 6.86. The van der Waals surface area contributed by atoms with Gasteiger partial charge in [-0.25, -0.2) is 8.42 Å². The van der Waals surface area contributed by atoms with E-state index in [0.717, 1.165) is 4.31 Å². The summed E-state index contributed by atoms with van der Waals surface area (Å²) in [6, 6.07) is 2.90. The largest absolute Gasteiger partial charge is 0.496 e. The Kier molecular flexibility index (Phi) is 5.24. The lowest BCUT2D eigenvalue weighted by Crippen LogP contribution is -2.30. The Morgan fingerprint density at radius 2 is 1.67 bits per heavy atom. The van der Waals surface area contributed by atoms with Gasteiger partial charge in [0.15, 0.2) is 4.90 Å². The van der Waals surface area contributed by atoms with Gasteiger partial charge in [0.05, 0.1) is 27.2 Å². The van der Waals surface area contributed by atoms with Crippen LogP contribution in [0, 0.1) is 11.8 Å². The summed E-state index contributed by atoms with van der Waals surface area (Å²) in [6.07, 6.45) is 0. The lowest BCUT2D eigenvalue weighted by atomic mass is 9.99. The number of rotatable bonds is 6. The zero-order chi connectivity index (χ0) is 18.1. The molecular weight excluding hydrogens is 338 g/mol. The summed E-state index contributed by atoms with van der Waals surface area (Å²) in [5, 5.41) is 9.22. The Balaban J connectivity index is 2.52. The summed E-state index contributed by atoms with van der Waals surface area (Å²) < 4.78 is 42.7. The summed E-state index contributed by atoms with van der Waals surface area (Å²) in [5.41, 5.74) is 0. The lowest BCUT2D eigenvalue weighted by molar-refractivity contribution is -0.142. The Morgan fingerprint density at radius 1 is 1.12 bits per heavy atom. The van der Waals surface area contributed by atoms with Crippen LogP contribution in [-0.2, 0) is 14.8 Å². The minimum Gasteiger partial charge on any atom is -0.496 e. The molecule has 1 N–H and O–H groups in total. The van der Waals surface area contributed by atoms with E-state index < -0.39 is 21.9 Å². The SMILES string of the molecule is COc1cc(OC)c(S(=O)(=O)N2C[C@@H](C)[C@H](C(=O)O)C2)c(OC)c1. The predicted octanol–water partition coefficient (Wildman–Crippen LogP) is 1.05. The second-order valence-corrected chi connectivity index (χ2v) is 7.48. The molecule has 0 radical (unpaired) electrons. The number of hydrogen-bond acceptors (Lipinski definition) is 6. The monoisotopic (exact) mass is 359 g/mol. The highest BCUT2D eigenvalue weighted by atomic mass is 32.2. The van der Waals surface area contributed by atoms with Gasteiger partial charge >= 0.3 is 5.97 Å². The summed E-state index contributed by atoms with van der Waals surface area (Å²) in [7, 11) is 0.157. The minimum atomic E-state index is -3.98. The summed E-state index contributed by atoms with van der Waals surface area (Å²) in [6.45, 7) is 1.76. The van der Waals surface area contributed by atoms with Crippen molar-refractivity contribution >= 4 is 16.0 Å². The van der Waals surface area contributed by atoms with Crippen LogP contribution < -0.4 is 14.2 Å². The normalized spacial score (nSPS) is 21.5.